The van der Waals surface area contributed by atoms with Gasteiger partial charge in [0.25, 0.3) is 0 Å². The van der Waals surface area contributed by atoms with Crippen LogP contribution in [0.15, 0.2) is 41.4 Å². The number of sulfone groups is 1. The highest BCUT2D eigenvalue weighted by atomic mass is 35.5. The van der Waals surface area contributed by atoms with Crippen LogP contribution in [0.1, 0.15) is 11.1 Å². The Morgan fingerprint density at radius 2 is 1.74 bits per heavy atom. The van der Waals surface area contributed by atoms with Gasteiger partial charge >= 0.3 is 6.18 Å². The molecule has 0 aliphatic carbocycles. The van der Waals surface area contributed by atoms with E-state index in [0.29, 0.717) is 21.0 Å². The lowest BCUT2D eigenvalue weighted by Crippen LogP contribution is -2.39. The molecule has 2 heterocycles. The highest BCUT2D eigenvalue weighted by molar-refractivity contribution is 8.13. The van der Waals surface area contributed by atoms with Crippen molar-refractivity contribution in [2.45, 2.75) is 24.0 Å². The average Bonchev–Trinajstić information content (AvgIpc) is 3.13. The van der Waals surface area contributed by atoms with E-state index in [1.807, 2.05) is 0 Å². The normalized spacial score (nSPS) is 22.5. The van der Waals surface area contributed by atoms with E-state index in [2.05, 4.69) is 4.99 Å². The molecule has 0 bridgehead atoms. The van der Waals surface area contributed by atoms with E-state index in [4.69, 9.17) is 34.8 Å². The fourth-order valence-corrected chi connectivity index (χ4v) is 7.00. The molecule has 2 aromatic carbocycles. The number of aliphatic imine (C=N–C) groups is 1. The molecule has 31 heavy (non-hydrogen) atoms. The van der Waals surface area contributed by atoms with Gasteiger partial charge < -0.3 is 4.90 Å². The third-order valence-electron chi connectivity index (χ3n) is 4.99. The smallest absolute Gasteiger partial charge is 0.313 e. The lowest BCUT2D eigenvalue weighted by molar-refractivity contribution is -0.137. The Morgan fingerprint density at radius 1 is 1.03 bits per heavy atom. The number of benzene rings is 2. The summed E-state index contributed by atoms with van der Waals surface area (Å²) in [6.07, 6.45) is -4.56. The van der Waals surface area contributed by atoms with Gasteiger partial charge in [-0.3, -0.25) is 4.99 Å². The number of thioether (sulfide) groups is 1. The lowest BCUT2D eigenvalue weighted by Gasteiger charge is -2.28. The molecule has 2 aliphatic heterocycles. The van der Waals surface area contributed by atoms with Crippen LogP contribution in [0.5, 0.6) is 0 Å². The van der Waals surface area contributed by atoms with Gasteiger partial charge in [-0.15, -0.1) is 0 Å². The number of halogens is 6. The molecule has 1 fully saturated rings. The largest absolute Gasteiger partial charge is 0.416 e. The maximum atomic E-state index is 13.3. The molecular weight excluding hydrogens is 516 g/mol. The van der Waals surface area contributed by atoms with Gasteiger partial charge in [-0.2, -0.15) is 13.2 Å². The number of hydrogen-bond acceptors (Lipinski definition) is 5. The number of nitrogens with zero attached hydrogens (tertiary/aromatic N) is 2. The Kier molecular flexibility index (Phi) is 6.20. The summed E-state index contributed by atoms with van der Waals surface area (Å²) in [4.78, 5) is 6.04. The fourth-order valence-electron chi connectivity index (χ4n) is 3.57. The Morgan fingerprint density at radius 3 is 2.42 bits per heavy atom. The molecule has 0 aromatic heterocycles. The van der Waals surface area contributed by atoms with Crippen molar-refractivity contribution in [1.29, 1.82) is 0 Å². The Bertz CT molecular complexity index is 1170. The first-order valence-corrected chi connectivity index (χ1v) is 12.9. The molecule has 166 valence electrons. The number of alkyl halides is 3. The molecule has 2 aromatic rings. The highest BCUT2D eigenvalue weighted by Gasteiger charge is 2.48. The molecule has 0 radical (unpaired) electrons. The standard InChI is InChI=1S/C19H14Cl3F3N2O2S2/c20-12-3-1-10(5-14(12)22)7-30-18-26-15-8-31(28,29)9-17(15)27(18)16-6-11(19(23,24)25)2-4-13(16)21/h1-6,15,17H,7-9H2/t15-,17-/m1/s1. The monoisotopic (exact) mass is 528 g/mol. The van der Waals surface area contributed by atoms with Crippen LogP contribution < -0.4 is 4.90 Å². The summed E-state index contributed by atoms with van der Waals surface area (Å²) in [5.74, 6) is 0.0567. The number of hydrogen-bond donors (Lipinski definition) is 0. The summed E-state index contributed by atoms with van der Waals surface area (Å²) in [5, 5.41) is 1.29. The lowest BCUT2D eigenvalue weighted by atomic mass is 10.1. The molecule has 0 spiro atoms. The SMILES string of the molecule is O=S1(=O)C[C@@H]2[C@@H](C1)N=C(SCc1ccc(Cl)c(Cl)c1)N2c1cc(C(F)(F)F)ccc1Cl. The van der Waals surface area contributed by atoms with Crippen LogP contribution in [0.4, 0.5) is 18.9 Å². The molecular formula is C19H14Cl3F3N2O2S2. The molecule has 1 saturated heterocycles. The van der Waals surface area contributed by atoms with Crippen LogP contribution in [0.25, 0.3) is 0 Å². The van der Waals surface area contributed by atoms with Crippen LogP contribution in [0.2, 0.25) is 15.1 Å². The summed E-state index contributed by atoms with van der Waals surface area (Å²) in [6.45, 7) is 0. The van der Waals surface area contributed by atoms with Gasteiger partial charge in [0.2, 0.25) is 0 Å². The van der Waals surface area contributed by atoms with E-state index < -0.39 is 33.7 Å². The zero-order valence-corrected chi connectivity index (χ0v) is 19.4. The molecule has 2 aliphatic rings. The first-order valence-electron chi connectivity index (χ1n) is 8.95. The topological polar surface area (TPSA) is 49.7 Å². The van der Waals surface area contributed by atoms with Gasteiger partial charge in [0.05, 0.1) is 49.9 Å². The van der Waals surface area contributed by atoms with Crippen molar-refractivity contribution in [2.75, 3.05) is 16.4 Å². The average molecular weight is 530 g/mol. The van der Waals surface area contributed by atoms with Crippen molar-refractivity contribution >= 4 is 67.3 Å². The first kappa shape index (κ1) is 23.0. The van der Waals surface area contributed by atoms with Crippen LogP contribution in [-0.4, -0.2) is 37.2 Å². The van der Waals surface area contributed by atoms with Crippen molar-refractivity contribution < 1.29 is 21.6 Å². The summed E-state index contributed by atoms with van der Waals surface area (Å²) in [7, 11) is -3.35. The summed E-state index contributed by atoms with van der Waals surface area (Å²) < 4.78 is 64.2. The Balaban J connectivity index is 1.69. The summed E-state index contributed by atoms with van der Waals surface area (Å²) in [6, 6.07) is 6.95. The van der Waals surface area contributed by atoms with Crippen molar-refractivity contribution in [3.05, 3.63) is 62.6 Å². The zero-order valence-electron chi connectivity index (χ0n) is 15.5. The number of amidine groups is 1. The number of rotatable bonds is 3. The molecule has 4 rings (SSSR count). The van der Waals surface area contributed by atoms with Gasteiger partial charge in [0.1, 0.15) is 0 Å². The van der Waals surface area contributed by atoms with Crippen molar-refractivity contribution in [2.24, 2.45) is 4.99 Å². The van der Waals surface area contributed by atoms with Gasteiger partial charge in [-0.25, -0.2) is 8.42 Å². The van der Waals surface area contributed by atoms with Gasteiger partial charge in [0.15, 0.2) is 15.0 Å². The van der Waals surface area contributed by atoms with Gasteiger partial charge in [-0.05, 0) is 35.9 Å². The van der Waals surface area contributed by atoms with Gasteiger partial charge in [-0.1, -0.05) is 52.6 Å². The van der Waals surface area contributed by atoms with E-state index in [1.54, 1.807) is 18.2 Å². The quantitative estimate of drug-likeness (QED) is 0.494. The molecule has 0 unspecified atom stereocenters. The van der Waals surface area contributed by atoms with Crippen molar-refractivity contribution in [1.82, 2.24) is 0 Å². The van der Waals surface area contributed by atoms with E-state index in [1.165, 1.54) is 16.7 Å². The van der Waals surface area contributed by atoms with E-state index in [0.717, 1.165) is 23.8 Å². The number of anilines is 1. The second-order valence-corrected chi connectivity index (χ2v) is 11.5. The minimum atomic E-state index is -4.56. The molecule has 12 heteroatoms. The summed E-state index contributed by atoms with van der Waals surface area (Å²) in [5.41, 5.74) is 0.0494. The van der Waals surface area contributed by atoms with Crippen LogP contribution in [0, 0.1) is 0 Å². The Labute approximate surface area is 196 Å². The second kappa shape index (κ2) is 8.33. The minimum absolute atomic E-state index is 0.0841. The molecule has 4 nitrogen and oxygen atoms in total. The predicted molar refractivity (Wildman–Crippen MR) is 120 cm³/mol. The molecule has 0 N–H and O–H groups in total. The Hall–Kier alpha value is -1.13. The zero-order chi connectivity index (χ0) is 22.6. The van der Waals surface area contributed by atoms with E-state index in [-0.39, 0.29) is 22.2 Å². The van der Waals surface area contributed by atoms with E-state index in [9.17, 15) is 21.6 Å². The maximum Gasteiger partial charge on any atom is 0.416 e. The van der Waals surface area contributed by atoms with Crippen molar-refractivity contribution in [3.63, 3.8) is 0 Å². The van der Waals surface area contributed by atoms with Crippen LogP contribution >= 0.6 is 46.6 Å². The van der Waals surface area contributed by atoms with Crippen LogP contribution in [0.3, 0.4) is 0 Å². The minimum Gasteiger partial charge on any atom is -0.313 e. The molecule has 0 amide bonds. The third kappa shape index (κ3) is 4.80. The van der Waals surface area contributed by atoms with Crippen molar-refractivity contribution in [3.8, 4) is 0 Å². The maximum absolute atomic E-state index is 13.3. The van der Waals surface area contributed by atoms with E-state index >= 15 is 0 Å². The first-order chi connectivity index (χ1) is 14.4. The predicted octanol–water partition coefficient (Wildman–Crippen LogP) is 5.94. The molecule has 0 saturated carbocycles. The highest BCUT2D eigenvalue weighted by Crippen LogP contribution is 2.42. The number of fused-ring (bicyclic) bond motifs is 1. The van der Waals surface area contributed by atoms with Crippen LogP contribution in [-0.2, 0) is 21.8 Å². The fraction of sp³-hybridized carbons (Fsp3) is 0.316. The van der Waals surface area contributed by atoms with Gasteiger partial charge in [0, 0.05) is 5.75 Å². The summed E-state index contributed by atoms with van der Waals surface area (Å²) >= 11 is 19.5. The molecule has 2 atom stereocenters. The third-order valence-corrected chi connectivity index (χ3v) is 8.79. The second-order valence-electron chi connectivity index (χ2n) is 7.19.